The molecular formula is C23H28N4O3. The Labute approximate surface area is 177 Å². The fourth-order valence-corrected chi connectivity index (χ4v) is 3.84. The van der Waals surface area contributed by atoms with Gasteiger partial charge in [-0.2, -0.15) is 0 Å². The van der Waals surface area contributed by atoms with E-state index in [-0.39, 0.29) is 11.7 Å². The van der Waals surface area contributed by atoms with Crippen molar-refractivity contribution in [2.24, 2.45) is 4.99 Å². The molecule has 2 fully saturated rings. The summed E-state index contributed by atoms with van der Waals surface area (Å²) in [5, 5.41) is 12.5. The van der Waals surface area contributed by atoms with E-state index < -0.39 is 5.97 Å². The molecule has 0 aromatic heterocycles. The number of aromatic carboxylic acids is 1. The second-order valence-electron chi connectivity index (χ2n) is 7.62. The number of piperazine rings is 1. The first kappa shape index (κ1) is 20.2. The maximum atomic E-state index is 11.1. The molecule has 2 aromatic carbocycles. The van der Waals surface area contributed by atoms with Gasteiger partial charge in [-0.05, 0) is 49.2 Å². The number of guanidine groups is 1. The molecule has 7 heteroatoms. The molecule has 0 aliphatic carbocycles. The van der Waals surface area contributed by atoms with Crippen molar-refractivity contribution in [2.45, 2.75) is 18.9 Å². The van der Waals surface area contributed by atoms with Crippen LogP contribution in [0, 0.1) is 0 Å². The lowest BCUT2D eigenvalue weighted by Crippen LogP contribution is -2.51. The Hall–Kier alpha value is -3.06. The molecule has 2 saturated heterocycles. The summed E-state index contributed by atoms with van der Waals surface area (Å²) in [6.07, 6.45) is 2.32. The smallest absolute Gasteiger partial charge is 0.335 e. The number of hydrogen-bond donors (Lipinski definition) is 2. The molecule has 4 rings (SSSR count). The molecule has 7 nitrogen and oxygen atoms in total. The first-order valence-corrected chi connectivity index (χ1v) is 10.5. The average Bonchev–Trinajstić information content (AvgIpc) is 3.31. The Bertz CT molecular complexity index is 856. The van der Waals surface area contributed by atoms with Crippen molar-refractivity contribution in [2.75, 3.05) is 49.5 Å². The Morgan fingerprint density at radius 1 is 1.07 bits per heavy atom. The number of carboxylic acid groups (broad SMARTS) is 1. The van der Waals surface area contributed by atoms with Crippen molar-refractivity contribution < 1.29 is 14.6 Å². The van der Waals surface area contributed by atoms with Crippen molar-refractivity contribution in [1.29, 1.82) is 0 Å². The molecule has 2 heterocycles. The van der Waals surface area contributed by atoms with Crippen LogP contribution >= 0.6 is 0 Å². The van der Waals surface area contributed by atoms with E-state index in [9.17, 15) is 4.79 Å². The van der Waals surface area contributed by atoms with Gasteiger partial charge in [-0.15, -0.1) is 0 Å². The summed E-state index contributed by atoms with van der Waals surface area (Å²) >= 11 is 0. The van der Waals surface area contributed by atoms with Crippen LogP contribution in [0.5, 0.6) is 0 Å². The van der Waals surface area contributed by atoms with Crippen molar-refractivity contribution >= 4 is 23.3 Å². The summed E-state index contributed by atoms with van der Waals surface area (Å²) in [7, 11) is 0. The number of carbonyl (C=O) groups is 1. The average molecular weight is 409 g/mol. The molecule has 0 saturated carbocycles. The van der Waals surface area contributed by atoms with Crippen LogP contribution < -0.4 is 10.2 Å². The van der Waals surface area contributed by atoms with Crippen LogP contribution in [0.3, 0.4) is 0 Å². The zero-order chi connectivity index (χ0) is 20.8. The predicted molar refractivity (Wildman–Crippen MR) is 119 cm³/mol. The summed E-state index contributed by atoms with van der Waals surface area (Å²) in [6.45, 7) is 5.01. The van der Waals surface area contributed by atoms with E-state index in [0.29, 0.717) is 6.54 Å². The molecule has 0 amide bonds. The molecule has 158 valence electrons. The van der Waals surface area contributed by atoms with Crippen LogP contribution in [0.15, 0.2) is 59.6 Å². The van der Waals surface area contributed by atoms with Gasteiger partial charge < -0.3 is 25.0 Å². The monoisotopic (exact) mass is 408 g/mol. The molecule has 2 aromatic rings. The van der Waals surface area contributed by atoms with Gasteiger partial charge in [0.25, 0.3) is 0 Å². The fourth-order valence-electron chi connectivity index (χ4n) is 3.84. The number of carboxylic acids is 1. The molecule has 0 radical (unpaired) electrons. The zero-order valence-corrected chi connectivity index (χ0v) is 17.0. The van der Waals surface area contributed by atoms with Gasteiger partial charge in [-0.25, -0.2) is 4.79 Å². The first-order valence-electron chi connectivity index (χ1n) is 10.5. The molecule has 1 atom stereocenters. The highest BCUT2D eigenvalue weighted by atomic mass is 16.5. The lowest BCUT2D eigenvalue weighted by atomic mass is 10.2. The SMILES string of the molecule is O=C(O)c1ccc(NC(=NCC2CCCO2)N2CCN(c3ccccc3)CC2)cc1. The zero-order valence-electron chi connectivity index (χ0n) is 17.0. The Kier molecular flexibility index (Phi) is 6.49. The van der Waals surface area contributed by atoms with E-state index in [0.717, 1.165) is 57.3 Å². The van der Waals surface area contributed by atoms with Crippen LogP contribution in [0.2, 0.25) is 0 Å². The third-order valence-corrected chi connectivity index (χ3v) is 5.56. The third kappa shape index (κ3) is 5.10. The van der Waals surface area contributed by atoms with Gasteiger partial charge >= 0.3 is 5.97 Å². The van der Waals surface area contributed by atoms with E-state index in [1.54, 1.807) is 24.3 Å². The van der Waals surface area contributed by atoms with Crippen LogP contribution in [0.25, 0.3) is 0 Å². The molecule has 2 N–H and O–H groups in total. The molecule has 2 aliphatic heterocycles. The lowest BCUT2D eigenvalue weighted by Gasteiger charge is -2.37. The van der Waals surface area contributed by atoms with Gasteiger partial charge in [0.05, 0.1) is 18.2 Å². The summed E-state index contributed by atoms with van der Waals surface area (Å²) in [5.41, 5.74) is 2.35. The highest BCUT2D eigenvalue weighted by Gasteiger charge is 2.22. The van der Waals surface area contributed by atoms with Crippen LogP contribution in [0.1, 0.15) is 23.2 Å². The van der Waals surface area contributed by atoms with Gasteiger partial charge in [0.1, 0.15) is 0 Å². The van der Waals surface area contributed by atoms with Crippen molar-refractivity contribution in [3.63, 3.8) is 0 Å². The first-order chi connectivity index (χ1) is 14.7. The minimum absolute atomic E-state index is 0.182. The maximum Gasteiger partial charge on any atom is 0.335 e. The van der Waals surface area contributed by atoms with Crippen molar-refractivity contribution in [3.05, 3.63) is 60.2 Å². The highest BCUT2D eigenvalue weighted by molar-refractivity contribution is 5.95. The number of benzene rings is 2. The molecule has 0 spiro atoms. The van der Waals surface area contributed by atoms with E-state index in [1.807, 2.05) is 6.07 Å². The van der Waals surface area contributed by atoms with E-state index >= 15 is 0 Å². The van der Waals surface area contributed by atoms with Gasteiger partial charge in [-0.3, -0.25) is 4.99 Å². The van der Waals surface area contributed by atoms with E-state index in [4.69, 9.17) is 14.8 Å². The lowest BCUT2D eigenvalue weighted by molar-refractivity contribution is 0.0697. The number of hydrogen-bond acceptors (Lipinski definition) is 4. The summed E-state index contributed by atoms with van der Waals surface area (Å²) < 4.78 is 5.73. The Morgan fingerprint density at radius 3 is 2.43 bits per heavy atom. The maximum absolute atomic E-state index is 11.1. The van der Waals surface area contributed by atoms with Gasteiger partial charge in [0.2, 0.25) is 0 Å². The van der Waals surface area contributed by atoms with Crippen LogP contribution in [-0.2, 0) is 4.74 Å². The topological polar surface area (TPSA) is 77.4 Å². The van der Waals surface area contributed by atoms with Crippen molar-refractivity contribution in [1.82, 2.24) is 4.90 Å². The van der Waals surface area contributed by atoms with Gasteiger partial charge in [0, 0.05) is 44.2 Å². The predicted octanol–water partition coefficient (Wildman–Crippen LogP) is 3.15. The molecular weight excluding hydrogens is 380 g/mol. The molecule has 1 unspecified atom stereocenters. The second-order valence-corrected chi connectivity index (χ2v) is 7.62. The molecule has 0 bridgehead atoms. The Morgan fingerprint density at radius 2 is 1.80 bits per heavy atom. The standard InChI is InChI=1S/C23H28N4O3/c28-22(29)18-8-10-19(11-9-18)25-23(24-17-21-7-4-16-30-21)27-14-12-26(13-15-27)20-5-2-1-3-6-20/h1-3,5-6,8-11,21H,4,7,12-17H2,(H,24,25)(H,28,29). The number of nitrogens with zero attached hydrogens (tertiary/aromatic N) is 3. The summed E-state index contributed by atoms with van der Waals surface area (Å²) in [5.74, 6) is -0.104. The minimum atomic E-state index is -0.925. The quantitative estimate of drug-likeness (QED) is 0.585. The van der Waals surface area contributed by atoms with Crippen molar-refractivity contribution in [3.8, 4) is 0 Å². The van der Waals surface area contributed by atoms with Gasteiger partial charge in [0.15, 0.2) is 5.96 Å². The number of nitrogens with one attached hydrogen (secondary N) is 1. The molecule has 2 aliphatic rings. The second kappa shape index (κ2) is 9.63. The Balaban J connectivity index is 1.44. The normalized spacial score (nSPS) is 19.7. The number of ether oxygens (including phenoxy) is 1. The van der Waals surface area contributed by atoms with E-state index in [1.165, 1.54) is 5.69 Å². The summed E-state index contributed by atoms with van der Waals surface area (Å²) in [4.78, 5) is 20.6. The number of rotatable bonds is 5. The third-order valence-electron chi connectivity index (χ3n) is 5.56. The number of aliphatic imine (C=N–C) groups is 1. The fraction of sp³-hybridized carbons (Fsp3) is 0.391. The van der Waals surface area contributed by atoms with Crippen LogP contribution in [0.4, 0.5) is 11.4 Å². The highest BCUT2D eigenvalue weighted by Crippen LogP contribution is 2.18. The largest absolute Gasteiger partial charge is 0.478 e. The van der Waals surface area contributed by atoms with E-state index in [2.05, 4.69) is 39.4 Å². The molecule has 30 heavy (non-hydrogen) atoms. The van der Waals surface area contributed by atoms with Gasteiger partial charge in [-0.1, -0.05) is 18.2 Å². The minimum Gasteiger partial charge on any atom is -0.478 e. The number of para-hydroxylation sites is 1. The summed E-state index contributed by atoms with van der Waals surface area (Å²) in [6, 6.07) is 17.2. The number of anilines is 2. The van der Waals surface area contributed by atoms with Crippen LogP contribution in [-0.4, -0.2) is 67.4 Å².